The smallest absolute Gasteiger partial charge is 0.276 e. The molecule has 0 unspecified atom stereocenters. The predicted octanol–water partition coefficient (Wildman–Crippen LogP) is 2.40. The Morgan fingerprint density at radius 1 is 0.878 bits per heavy atom. The van der Waals surface area contributed by atoms with Gasteiger partial charge in [0.25, 0.3) is 5.91 Å². The van der Waals surface area contributed by atoms with Gasteiger partial charge in [-0.3, -0.25) is 24.5 Å². The molecule has 1 aromatic heterocycles. The number of aromatic nitrogens is 2. The number of methoxy groups -OCH3 is 4. The van der Waals surface area contributed by atoms with Gasteiger partial charge in [0.2, 0.25) is 11.7 Å². The van der Waals surface area contributed by atoms with Gasteiger partial charge in [0, 0.05) is 56.1 Å². The van der Waals surface area contributed by atoms with Crippen LogP contribution in [0.4, 0.5) is 11.5 Å². The van der Waals surface area contributed by atoms with Crippen LogP contribution in [0, 0.1) is 0 Å². The summed E-state index contributed by atoms with van der Waals surface area (Å²) < 4.78 is 21.7. The van der Waals surface area contributed by atoms with Crippen LogP contribution in [0.1, 0.15) is 21.6 Å². The summed E-state index contributed by atoms with van der Waals surface area (Å²) in [7, 11) is 6.43. The zero-order chi connectivity index (χ0) is 28.9. The lowest BCUT2D eigenvalue weighted by molar-refractivity contribution is -0.117. The first-order valence-electron chi connectivity index (χ1n) is 13.5. The molecular weight excluding hydrogens is 528 g/mol. The number of hydrogen-bond acceptors (Lipinski definition) is 9. The highest BCUT2D eigenvalue weighted by molar-refractivity contribution is 6.08. The molecule has 2 aromatic carbocycles. The Morgan fingerprint density at radius 2 is 1.59 bits per heavy atom. The minimum Gasteiger partial charge on any atom is -0.497 e. The quantitative estimate of drug-likeness (QED) is 0.382. The molecule has 3 heterocycles. The summed E-state index contributed by atoms with van der Waals surface area (Å²) in [5, 5.41) is 10.0. The summed E-state index contributed by atoms with van der Waals surface area (Å²) in [5.41, 5.74) is 2.94. The first-order chi connectivity index (χ1) is 19.9. The maximum absolute atomic E-state index is 13.1. The van der Waals surface area contributed by atoms with Crippen LogP contribution in [0.2, 0.25) is 0 Å². The number of ether oxygens (including phenoxy) is 4. The summed E-state index contributed by atoms with van der Waals surface area (Å²) in [6.45, 7) is 4.55. The summed E-state index contributed by atoms with van der Waals surface area (Å²) in [4.78, 5) is 32.2. The van der Waals surface area contributed by atoms with Crippen molar-refractivity contribution in [3.8, 4) is 23.0 Å². The standard InChI is InChI=1S/C29H36N6O6/c1-38-21-8-6-20(7-9-21)35-12-11-22-25(29(35)37)31-32-28(22)30-24(36)18-34-15-13-33(14-16-34)17-19-5-10-23(39-2)27(41-4)26(19)40-3/h5-10H,11-18H2,1-4H3,(H2,30,31,32,36). The Labute approximate surface area is 239 Å². The number of nitrogens with one attached hydrogen (secondary N) is 2. The molecule has 0 radical (unpaired) electrons. The normalized spacial score (nSPS) is 15.8. The van der Waals surface area contributed by atoms with Gasteiger partial charge in [0.05, 0.1) is 35.0 Å². The van der Waals surface area contributed by atoms with Gasteiger partial charge < -0.3 is 29.2 Å². The van der Waals surface area contributed by atoms with E-state index in [4.69, 9.17) is 18.9 Å². The fourth-order valence-electron chi connectivity index (χ4n) is 5.37. The summed E-state index contributed by atoms with van der Waals surface area (Å²) in [5.74, 6) is 2.70. The van der Waals surface area contributed by atoms with Crippen molar-refractivity contribution in [1.29, 1.82) is 0 Å². The third-order valence-corrected chi connectivity index (χ3v) is 7.57. The molecule has 41 heavy (non-hydrogen) atoms. The van der Waals surface area contributed by atoms with Gasteiger partial charge >= 0.3 is 0 Å². The molecule has 2 aliphatic heterocycles. The maximum atomic E-state index is 13.1. The van der Waals surface area contributed by atoms with Crippen LogP contribution in [0.3, 0.4) is 0 Å². The van der Waals surface area contributed by atoms with E-state index in [0.717, 1.165) is 48.7 Å². The van der Waals surface area contributed by atoms with Crippen LogP contribution >= 0.6 is 0 Å². The van der Waals surface area contributed by atoms with E-state index in [9.17, 15) is 9.59 Å². The van der Waals surface area contributed by atoms with Crippen molar-refractivity contribution >= 4 is 23.3 Å². The molecular formula is C29H36N6O6. The van der Waals surface area contributed by atoms with Crippen LogP contribution in [0.25, 0.3) is 0 Å². The molecule has 1 fully saturated rings. The molecule has 5 rings (SSSR count). The average molecular weight is 565 g/mol. The molecule has 0 spiro atoms. The van der Waals surface area contributed by atoms with E-state index < -0.39 is 0 Å². The topological polar surface area (TPSA) is 121 Å². The SMILES string of the molecule is COc1ccc(N2CCc3c(NC(=O)CN4CCN(Cc5ccc(OC)c(OC)c5OC)CC4)n[nH]c3C2=O)cc1. The maximum Gasteiger partial charge on any atom is 0.276 e. The minimum absolute atomic E-state index is 0.153. The highest BCUT2D eigenvalue weighted by Gasteiger charge is 2.31. The van der Waals surface area contributed by atoms with Crippen molar-refractivity contribution in [2.75, 3.05) is 77.9 Å². The number of anilines is 2. The molecule has 2 amide bonds. The Balaban J connectivity index is 1.14. The van der Waals surface area contributed by atoms with Crippen molar-refractivity contribution in [3.63, 3.8) is 0 Å². The fraction of sp³-hybridized carbons (Fsp3) is 0.414. The summed E-state index contributed by atoms with van der Waals surface area (Å²) in [6.07, 6.45) is 0.581. The molecule has 2 N–H and O–H groups in total. The third-order valence-electron chi connectivity index (χ3n) is 7.57. The number of amides is 2. The van der Waals surface area contributed by atoms with E-state index in [1.165, 1.54) is 0 Å². The second-order valence-electron chi connectivity index (χ2n) is 9.92. The Bertz CT molecular complexity index is 1380. The molecule has 12 nitrogen and oxygen atoms in total. The molecule has 3 aromatic rings. The first-order valence-corrected chi connectivity index (χ1v) is 13.5. The number of H-pyrrole nitrogens is 1. The molecule has 12 heteroatoms. The van der Waals surface area contributed by atoms with Crippen LogP contribution in [-0.2, 0) is 17.8 Å². The number of rotatable bonds is 10. The number of fused-ring (bicyclic) bond motifs is 1. The highest BCUT2D eigenvalue weighted by Crippen LogP contribution is 2.40. The second kappa shape index (κ2) is 12.5. The van der Waals surface area contributed by atoms with Gasteiger partial charge in [-0.1, -0.05) is 6.07 Å². The Kier molecular flexibility index (Phi) is 8.60. The van der Waals surface area contributed by atoms with E-state index in [0.29, 0.717) is 48.3 Å². The monoisotopic (exact) mass is 564 g/mol. The van der Waals surface area contributed by atoms with Crippen molar-refractivity contribution in [3.05, 3.63) is 53.2 Å². The third kappa shape index (κ3) is 5.93. The highest BCUT2D eigenvalue weighted by atomic mass is 16.5. The van der Waals surface area contributed by atoms with Crippen LogP contribution in [-0.4, -0.2) is 99.5 Å². The van der Waals surface area contributed by atoms with Gasteiger partial charge in [-0.05, 0) is 36.8 Å². The average Bonchev–Trinajstić information content (AvgIpc) is 3.41. The number of aromatic amines is 1. The van der Waals surface area contributed by atoms with Crippen molar-refractivity contribution < 1.29 is 28.5 Å². The van der Waals surface area contributed by atoms with E-state index in [1.54, 1.807) is 33.3 Å². The molecule has 2 aliphatic rings. The number of piperazine rings is 1. The van der Waals surface area contributed by atoms with Crippen molar-refractivity contribution in [2.24, 2.45) is 0 Å². The molecule has 0 atom stereocenters. The largest absolute Gasteiger partial charge is 0.497 e. The molecule has 0 aliphatic carbocycles. The molecule has 0 saturated carbocycles. The number of hydrogen-bond donors (Lipinski definition) is 2. The lowest BCUT2D eigenvalue weighted by Gasteiger charge is -2.34. The van der Waals surface area contributed by atoms with Gasteiger partial charge in [0.15, 0.2) is 17.3 Å². The summed E-state index contributed by atoms with van der Waals surface area (Å²) >= 11 is 0. The van der Waals surface area contributed by atoms with Crippen molar-refractivity contribution in [1.82, 2.24) is 20.0 Å². The van der Waals surface area contributed by atoms with E-state index in [2.05, 4.69) is 25.3 Å². The van der Waals surface area contributed by atoms with Gasteiger partial charge in [-0.25, -0.2) is 0 Å². The van der Waals surface area contributed by atoms with Gasteiger partial charge in [0.1, 0.15) is 11.4 Å². The zero-order valence-electron chi connectivity index (χ0n) is 23.9. The van der Waals surface area contributed by atoms with Crippen LogP contribution in [0.5, 0.6) is 23.0 Å². The Hall–Kier alpha value is -4.29. The molecule has 1 saturated heterocycles. The number of carbonyl (C=O) groups excluding carboxylic acids is 2. The van der Waals surface area contributed by atoms with Gasteiger partial charge in [-0.2, -0.15) is 5.10 Å². The summed E-state index contributed by atoms with van der Waals surface area (Å²) in [6, 6.07) is 11.2. The van der Waals surface area contributed by atoms with E-state index in [-0.39, 0.29) is 18.4 Å². The second-order valence-corrected chi connectivity index (χ2v) is 9.92. The first kappa shape index (κ1) is 28.2. The number of carbonyl (C=O) groups is 2. The van der Waals surface area contributed by atoms with Crippen LogP contribution in [0.15, 0.2) is 36.4 Å². The molecule has 0 bridgehead atoms. The Morgan fingerprint density at radius 3 is 2.24 bits per heavy atom. The lowest BCUT2D eigenvalue weighted by atomic mass is 10.1. The van der Waals surface area contributed by atoms with E-state index >= 15 is 0 Å². The molecule has 218 valence electrons. The lowest BCUT2D eigenvalue weighted by Crippen LogP contribution is -2.48. The van der Waals surface area contributed by atoms with Crippen LogP contribution < -0.4 is 29.2 Å². The fourth-order valence-corrected chi connectivity index (χ4v) is 5.37. The predicted molar refractivity (Wildman–Crippen MR) is 153 cm³/mol. The van der Waals surface area contributed by atoms with Gasteiger partial charge in [-0.15, -0.1) is 0 Å². The zero-order valence-corrected chi connectivity index (χ0v) is 23.9. The van der Waals surface area contributed by atoms with Crippen molar-refractivity contribution in [2.45, 2.75) is 13.0 Å². The number of benzene rings is 2. The van der Waals surface area contributed by atoms with E-state index in [1.807, 2.05) is 36.4 Å². The number of nitrogens with zero attached hydrogens (tertiary/aromatic N) is 4. The minimum atomic E-state index is -0.174.